The van der Waals surface area contributed by atoms with Crippen molar-refractivity contribution in [3.63, 3.8) is 0 Å². The quantitative estimate of drug-likeness (QED) is 0.788. The first kappa shape index (κ1) is 12.5. The number of hydrogen-bond acceptors (Lipinski definition) is 2. The number of nitrogens with two attached hydrogens (primary N) is 1. The Hall–Kier alpha value is -1.61. The van der Waals surface area contributed by atoms with Gasteiger partial charge in [0.15, 0.2) is 0 Å². The summed E-state index contributed by atoms with van der Waals surface area (Å²) in [4.78, 5) is 11.0. The Morgan fingerprint density at radius 1 is 1.38 bits per heavy atom. The van der Waals surface area contributed by atoms with E-state index >= 15 is 0 Å². The Morgan fingerprint density at radius 2 is 2.00 bits per heavy atom. The number of rotatable bonds is 5. The largest absolute Gasteiger partial charge is 0.368 e. The second kappa shape index (κ2) is 5.47. The first-order chi connectivity index (χ1) is 7.52. The number of primary amides is 1. The van der Waals surface area contributed by atoms with Gasteiger partial charge < -0.3 is 11.1 Å². The third-order valence-corrected chi connectivity index (χ3v) is 2.39. The van der Waals surface area contributed by atoms with Gasteiger partial charge in [-0.15, -0.1) is 0 Å². The molecule has 0 atom stereocenters. The molecule has 0 aliphatic carbocycles. The maximum atomic E-state index is 11.0. The van der Waals surface area contributed by atoms with Gasteiger partial charge in [0.25, 0.3) is 0 Å². The molecule has 0 aliphatic heterocycles. The maximum Gasteiger partial charge on any atom is 0.237 e. The molecule has 0 spiro atoms. The smallest absolute Gasteiger partial charge is 0.237 e. The third kappa shape index (κ3) is 3.87. The van der Waals surface area contributed by atoms with E-state index in [4.69, 9.17) is 5.73 Å². The normalized spacial score (nSPS) is 11.9. The maximum absolute atomic E-state index is 11.0. The van der Waals surface area contributed by atoms with E-state index in [2.05, 4.69) is 5.32 Å². The molecule has 0 radical (unpaired) electrons. The standard InChI is InChI=1S/C13H18N2O/c1-13(2,12(14)16)15-10-6-9-11-7-4-3-5-8-11/h3-9,15H,10H2,1-2H3,(H2,14,16). The van der Waals surface area contributed by atoms with Crippen LogP contribution in [0, 0.1) is 0 Å². The minimum absolute atomic E-state index is 0.347. The summed E-state index contributed by atoms with van der Waals surface area (Å²) < 4.78 is 0. The predicted molar refractivity (Wildman–Crippen MR) is 66.8 cm³/mol. The van der Waals surface area contributed by atoms with Crippen molar-refractivity contribution in [2.45, 2.75) is 19.4 Å². The van der Waals surface area contributed by atoms with Crippen molar-refractivity contribution < 1.29 is 4.79 Å². The zero-order chi connectivity index (χ0) is 12.0. The number of nitrogens with one attached hydrogen (secondary N) is 1. The summed E-state index contributed by atoms with van der Waals surface area (Å²) in [5, 5.41) is 3.07. The fourth-order valence-electron chi connectivity index (χ4n) is 1.16. The molecule has 0 saturated carbocycles. The molecule has 0 heterocycles. The monoisotopic (exact) mass is 218 g/mol. The molecule has 3 N–H and O–H groups in total. The summed E-state index contributed by atoms with van der Waals surface area (Å²) in [6.07, 6.45) is 3.98. The van der Waals surface area contributed by atoms with Crippen LogP contribution in [0.3, 0.4) is 0 Å². The third-order valence-electron chi connectivity index (χ3n) is 2.39. The van der Waals surface area contributed by atoms with Crippen LogP contribution in [0.25, 0.3) is 6.08 Å². The van der Waals surface area contributed by atoms with Crippen molar-refractivity contribution in [2.75, 3.05) is 6.54 Å². The molecule has 1 aromatic rings. The van der Waals surface area contributed by atoms with E-state index < -0.39 is 5.54 Å². The molecule has 0 aromatic heterocycles. The zero-order valence-electron chi connectivity index (χ0n) is 9.73. The van der Waals surface area contributed by atoms with Crippen molar-refractivity contribution in [3.05, 3.63) is 42.0 Å². The van der Waals surface area contributed by atoms with Crippen molar-refractivity contribution in [1.29, 1.82) is 0 Å². The van der Waals surface area contributed by atoms with Crippen molar-refractivity contribution in [1.82, 2.24) is 5.32 Å². The van der Waals surface area contributed by atoms with Crippen LogP contribution in [0.5, 0.6) is 0 Å². The highest BCUT2D eigenvalue weighted by molar-refractivity contribution is 5.83. The molecular formula is C13H18N2O. The molecule has 1 rings (SSSR count). The van der Waals surface area contributed by atoms with E-state index in [-0.39, 0.29) is 5.91 Å². The average Bonchev–Trinajstić information content (AvgIpc) is 2.26. The lowest BCUT2D eigenvalue weighted by molar-refractivity contribution is -0.123. The van der Waals surface area contributed by atoms with Gasteiger partial charge in [0.1, 0.15) is 0 Å². The molecule has 0 saturated heterocycles. The Labute approximate surface area is 96.3 Å². The van der Waals surface area contributed by atoms with Gasteiger partial charge in [-0.2, -0.15) is 0 Å². The second-order valence-electron chi connectivity index (χ2n) is 4.18. The van der Waals surface area contributed by atoms with Gasteiger partial charge in [-0.25, -0.2) is 0 Å². The number of benzene rings is 1. The van der Waals surface area contributed by atoms with Crippen LogP contribution < -0.4 is 11.1 Å². The highest BCUT2D eigenvalue weighted by Gasteiger charge is 2.22. The van der Waals surface area contributed by atoms with Crippen LogP contribution >= 0.6 is 0 Å². The number of hydrogen-bond donors (Lipinski definition) is 2. The van der Waals surface area contributed by atoms with E-state index in [1.165, 1.54) is 0 Å². The van der Waals surface area contributed by atoms with E-state index in [0.717, 1.165) is 5.56 Å². The number of carbonyl (C=O) groups excluding carboxylic acids is 1. The Kier molecular flexibility index (Phi) is 4.26. The van der Waals surface area contributed by atoms with Crippen LogP contribution in [-0.2, 0) is 4.79 Å². The lowest BCUT2D eigenvalue weighted by Crippen LogP contribution is -2.50. The van der Waals surface area contributed by atoms with Gasteiger partial charge >= 0.3 is 0 Å². The van der Waals surface area contributed by atoms with E-state index in [9.17, 15) is 4.79 Å². The lowest BCUT2D eigenvalue weighted by Gasteiger charge is -2.21. The first-order valence-electron chi connectivity index (χ1n) is 5.29. The average molecular weight is 218 g/mol. The van der Waals surface area contributed by atoms with Crippen LogP contribution in [-0.4, -0.2) is 18.0 Å². The van der Waals surface area contributed by atoms with Gasteiger partial charge in [-0.3, -0.25) is 4.79 Å². The van der Waals surface area contributed by atoms with Gasteiger partial charge in [0, 0.05) is 6.54 Å². The second-order valence-corrected chi connectivity index (χ2v) is 4.18. The summed E-state index contributed by atoms with van der Waals surface area (Å²) in [6, 6.07) is 10.00. The Morgan fingerprint density at radius 3 is 2.56 bits per heavy atom. The van der Waals surface area contributed by atoms with Crippen LogP contribution in [0.15, 0.2) is 36.4 Å². The van der Waals surface area contributed by atoms with Crippen molar-refractivity contribution in [3.8, 4) is 0 Å². The molecule has 0 aliphatic rings. The van der Waals surface area contributed by atoms with E-state index in [1.54, 1.807) is 13.8 Å². The molecule has 0 unspecified atom stereocenters. The molecule has 86 valence electrons. The topological polar surface area (TPSA) is 55.1 Å². The summed E-state index contributed by atoms with van der Waals surface area (Å²) in [6.45, 7) is 4.15. The molecule has 0 fully saturated rings. The summed E-state index contributed by atoms with van der Waals surface area (Å²) >= 11 is 0. The highest BCUT2D eigenvalue weighted by atomic mass is 16.1. The van der Waals surface area contributed by atoms with Gasteiger partial charge in [-0.05, 0) is 19.4 Å². The molecular weight excluding hydrogens is 200 g/mol. The van der Waals surface area contributed by atoms with Gasteiger partial charge in [0.05, 0.1) is 5.54 Å². The van der Waals surface area contributed by atoms with Crippen LogP contribution in [0.4, 0.5) is 0 Å². The van der Waals surface area contributed by atoms with Crippen LogP contribution in [0.2, 0.25) is 0 Å². The predicted octanol–water partition coefficient (Wildman–Crippen LogP) is 1.55. The van der Waals surface area contributed by atoms with Gasteiger partial charge in [0.2, 0.25) is 5.91 Å². The van der Waals surface area contributed by atoms with E-state index in [0.29, 0.717) is 6.54 Å². The fourth-order valence-corrected chi connectivity index (χ4v) is 1.16. The number of amides is 1. The summed E-state index contributed by atoms with van der Waals surface area (Å²) in [5.74, 6) is -0.347. The first-order valence-corrected chi connectivity index (χ1v) is 5.29. The van der Waals surface area contributed by atoms with Gasteiger partial charge in [-0.1, -0.05) is 42.5 Å². The lowest BCUT2D eigenvalue weighted by atomic mass is 10.1. The Balaban J connectivity index is 2.42. The highest BCUT2D eigenvalue weighted by Crippen LogP contribution is 2.02. The molecule has 3 nitrogen and oxygen atoms in total. The van der Waals surface area contributed by atoms with Crippen LogP contribution in [0.1, 0.15) is 19.4 Å². The SMILES string of the molecule is CC(C)(NCC=Cc1ccccc1)C(N)=O. The fraction of sp³-hybridized carbons (Fsp3) is 0.308. The molecule has 0 bridgehead atoms. The molecule has 1 amide bonds. The Bertz CT molecular complexity index is 369. The summed E-state index contributed by atoms with van der Waals surface area (Å²) in [7, 11) is 0. The minimum atomic E-state index is -0.666. The molecule has 16 heavy (non-hydrogen) atoms. The van der Waals surface area contributed by atoms with Crippen molar-refractivity contribution in [2.24, 2.45) is 5.73 Å². The number of carbonyl (C=O) groups is 1. The molecule has 3 heteroatoms. The zero-order valence-corrected chi connectivity index (χ0v) is 9.73. The minimum Gasteiger partial charge on any atom is -0.368 e. The van der Waals surface area contributed by atoms with E-state index in [1.807, 2.05) is 42.5 Å². The van der Waals surface area contributed by atoms with Crippen molar-refractivity contribution >= 4 is 12.0 Å². The molecule has 1 aromatic carbocycles. The summed E-state index contributed by atoms with van der Waals surface area (Å²) in [5.41, 5.74) is 5.71.